The van der Waals surface area contributed by atoms with Crippen LogP contribution in [0.5, 0.6) is 0 Å². The number of hydrogen-bond donors (Lipinski definition) is 1. The third kappa shape index (κ3) is 5.48. The van der Waals surface area contributed by atoms with E-state index in [1.54, 1.807) is 11.8 Å². The molecule has 124 valence electrons. The molecule has 0 saturated heterocycles. The largest absolute Gasteiger partial charge is 0.325 e. The number of thioether (sulfide) groups is 2. The number of anilines is 1. The van der Waals surface area contributed by atoms with Gasteiger partial charge >= 0.3 is 0 Å². The van der Waals surface area contributed by atoms with Gasteiger partial charge in [0, 0.05) is 21.4 Å². The van der Waals surface area contributed by atoms with Gasteiger partial charge < -0.3 is 5.32 Å². The molecule has 1 amide bonds. The Hall–Kier alpha value is -1.61. The minimum Gasteiger partial charge on any atom is -0.325 e. The molecule has 3 nitrogen and oxygen atoms in total. The maximum atomic E-state index is 12.2. The molecule has 0 atom stereocenters. The molecule has 0 aliphatic rings. The maximum Gasteiger partial charge on any atom is 0.234 e. The molecule has 24 heavy (non-hydrogen) atoms. The van der Waals surface area contributed by atoms with E-state index in [1.165, 1.54) is 0 Å². The normalized spacial score (nSPS) is 10.2. The number of nitrogens with one attached hydrogen (secondary N) is 1. The summed E-state index contributed by atoms with van der Waals surface area (Å²) in [6.07, 6.45) is 0. The lowest BCUT2D eigenvalue weighted by molar-refractivity contribution is -0.113. The van der Waals surface area contributed by atoms with Crippen LogP contribution in [0.1, 0.15) is 16.7 Å². The predicted molar refractivity (Wildman–Crippen MR) is 104 cm³/mol. The monoisotopic (exact) mass is 376 g/mol. The number of nitriles is 1. The van der Waals surface area contributed by atoms with Crippen LogP contribution in [0.2, 0.25) is 5.02 Å². The van der Waals surface area contributed by atoms with Crippen LogP contribution >= 0.6 is 35.1 Å². The second-order valence-corrected chi connectivity index (χ2v) is 7.57. The molecule has 0 fully saturated rings. The number of nitrogens with zero attached hydrogens (tertiary/aromatic N) is 1. The van der Waals surface area contributed by atoms with Crippen molar-refractivity contribution in [3.8, 4) is 5.40 Å². The van der Waals surface area contributed by atoms with Crippen molar-refractivity contribution >= 4 is 46.7 Å². The van der Waals surface area contributed by atoms with Gasteiger partial charge in [0.15, 0.2) is 0 Å². The standard InChI is InChI=1S/C18H17ClN2OS2/c1-12-7-16(24-11-20)8-13(2)18(12)21-17(22)10-23-9-14-3-5-15(19)6-4-14/h3-8H,9-10H2,1-2H3,(H,21,22). The number of hydrogen-bond acceptors (Lipinski definition) is 4. The van der Waals surface area contributed by atoms with Gasteiger partial charge in [0.25, 0.3) is 0 Å². The topological polar surface area (TPSA) is 52.9 Å². The number of carbonyl (C=O) groups excluding carboxylic acids is 1. The zero-order valence-electron chi connectivity index (χ0n) is 13.4. The van der Waals surface area contributed by atoms with E-state index >= 15 is 0 Å². The van der Waals surface area contributed by atoms with E-state index in [2.05, 4.69) is 10.7 Å². The highest BCUT2D eigenvalue weighted by Gasteiger charge is 2.10. The second kappa shape index (κ2) is 9.03. The minimum atomic E-state index is -0.0270. The third-order valence-electron chi connectivity index (χ3n) is 3.35. The van der Waals surface area contributed by atoms with E-state index in [0.29, 0.717) is 10.8 Å². The van der Waals surface area contributed by atoms with Gasteiger partial charge in [-0.1, -0.05) is 23.7 Å². The van der Waals surface area contributed by atoms with Crippen molar-refractivity contribution in [1.29, 1.82) is 5.26 Å². The third-order valence-corrected chi connectivity index (χ3v) is 5.17. The summed E-state index contributed by atoms with van der Waals surface area (Å²) in [5.74, 6) is 1.12. The molecule has 0 saturated carbocycles. The number of halogens is 1. The molecule has 0 spiro atoms. The van der Waals surface area contributed by atoms with Crippen LogP contribution in [0.15, 0.2) is 41.3 Å². The van der Waals surface area contributed by atoms with Crippen molar-refractivity contribution in [2.75, 3.05) is 11.1 Å². The summed E-state index contributed by atoms with van der Waals surface area (Å²) in [5.41, 5.74) is 3.89. The van der Waals surface area contributed by atoms with Gasteiger partial charge in [-0.05, 0) is 66.6 Å². The summed E-state index contributed by atoms with van der Waals surface area (Å²) in [6.45, 7) is 3.87. The number of carbonyl (C=O) groups is 1. The summed E-state index contributed by atoms with van der Waals surface area (Å²) >= 11 is 8.54. The van der Waals surface area contributed by atoms with E-state index in [4.69, 9.17) is 16.9 Å². The van der Waals surface area contributed by atoms with Crippen LogP contribution in [0, 0.1) is 24.5 Å². The van der Waals surface area contributed by atoms with Crippen LogP contribution in [0.4, 0.5) is 5.69 Å². The second-order valence-electron chi connectivity index (χ2n) is 5.29. The van der Waals surface area contributed by atoms with Crippen molar-refractivity contribution in [2.45, 2.75) is 24.5 Å². The Bertz CT molecular complexity index is 747. The molecular formula is C18H17ClN2OS2. The molecule has 2 aromatic carbocycles. The molecule has 0 radical (unpaired) electrons. The SMILES string of the molecule is Cc1cc(SC#N)cc(C)c1NC(=O)CSCc1ccc(Cl)cc1. The quantitative estimate of drug-likeness (QED) is 0.541. The van der Waals surface area contributed by atoms with Gasteiger partial charge in [-0.25, -0.2) is 0 Å². The van der Waals surface area contributed by atoms with Crippen molar-refractivity contribution in [3.63, 3.8) is 0 Å². The summed E-state index contributed by atoms with van der Waals surface area (Å²) in [6, 6.07) is 11.5. The lowest BCUT2D eigenvalue weighted by atomic mass is 10.1. The van der Waals surface area contributed by atoms with Crippen molar-refractivity contribution in [2.24, 2.45) is 0 Å². The van der Waals surface area contributed by atoms with E-state index in [9.17, 15) is 4.79 Å². The highest BCUT2D eigenvalue weighted by molar-refractivity contribution is 8.03. The number of thiocyanates is 1. The molecule has 2 aromatic rings. The Morgan fingerprint density at radius 1 is 1.21 bits per heavy atom. The Morgan fingerprint density at radius 2 is 1.83 bits per heavy atom. The lowest BCUT2D eigenvalue weighted by Crippen LogP contribution is -2.16. The highest BCUT2D eigenvalue weighted by atomic mass is 35.5. The first-order valence-corrected chi connectivity index (χ1v) is 9.63. The fraction of sp³-hybridized carbons (Fsp3) is 0.222. The van der Waals surface area contributed by atoms with Crippen molar-refractivity contribution in [3.05, 3.63) is 58.1 Å². The number of benzene rings is 2. The molecule has 0 aliphatic carbocycles. The zero-order valence-corrected chi connectivity index (χ0v) is 15.8. The molecule has 0 aliphatic heterocycles. The number of rotatable bonds is 6. The highest BCUT2D eigenvalue weighted by Crippen LogP contribution is 2.27. The molecule has 2 rings (SSSR count). The van der Waals surface area contributed by atoms with Crippen LogP contribution in [-0.2, 0) is 10.5 Å². The van der Waals surface area contributed by atoms with Crippen LogP contribution in [0.25, 0.3) is 0 Å². The van der Waals surface area contributed by atoms with Crippen molar-refractivity contribution in [1.82, 2.24) is 0 Å². The molecule has 0 bridgehead atoms. The van der Waals surface area contributed by atoms with E-state index < -0.39 is 0 Å². The molecule has 0 heterocycles. The van der Waals surface area contributed by atoms with Crippen LogP contribution in [0.3, 0.4) is 0 Å². The Balaban J connectivity index is 1.90. The van der Waals surface area contributed by atoms with Crippen LogP contribution < -0.4 is 5.32 Å². The van der Waals surface area contributed by atoms with Gasteiger partial charge in [-0.3, -0.25) is 4.79 Å². The first-order chi connectivity index (χ1) is 11.5. The number of aryl methyl sites for hydroxylation is 2. The Morgan fingerprint density at radius 3 is 2.42 bits per heavy atom. The fourth-order valence-electron chi connectivity index (χ4n) is 2.25. The first-order valence-electron chi connectivity index (χ1n) is 7.29. The Kier molecular flexibility index (Phi) is 7.04. The lowest BCUT2D eigenvalue weighted by Gasteiger charge is -2.13. The summed E-state index contributed by atoms with van der Waals surface area (Å²) in [5, 5.41) is 14.5. The van der Waals surface area contributed by atoms with Crippen molar-refractivity contribution < 1.29 is 4.79 Å². The first kappa shape index (κ1) is 18.7. The van der Waals surface area contributed by atoms with E-state index in [1.807, 2.05) is 50.2 Å². The van der Waals surface area contributed by atoms with E-state index in [-0.39, 0.29) is 5.91 Å². The Labute approximate surface area is 155 Å². The zero-order chi connectivity index (χ0) is 17.5. The van der Waals surface area contributed by atoms with E-state index in [0.717, 1.165) is 44.8 Å². The predicted octanol–water partition coefficient (Wildman–Crippen LogP) is 5.40. The fourth-order valence-corrected chi connectivity index (χ4v) is 3.74. The summed E-state index contributed by atoms with van der Waals surface area (Å²) in [7, 11) is 0. The number of amides is 1. The van der Waals surface area contributed by atoms with Gasteiger partial charge in [-0.2, -0.15) is 5.26 Å². The average Bonchev–Trinajstić information content (AvgIpc) is 2.53. The molecular weight excluding hydrogens is 360 g/mol. The maximum absolute atomic E-state index is 12.2. The van der Waals surface area contributed by atoms with Gasteiger partial charge in [0.2, 0.25) is 5.91 Å². The molecule has 0 aromatic heterocycles. The summed E-state index contributed by atoms with van der Waals surface area (Å²) in [4.78, 5) is 13.1. The minimum absolute atomic E-state index is 0.0270. The average molecular weight is 377 g/mol. The van der Waals surface area contributed by atoms with Gasteiger partial charge in [0.1, 0.15) is 5.40 Å². The smallest absolute Gasteiger partial charge is 0.234 e. The molecule has 0 unspecified atom stereocenters. The molecule has 1 N–H and O–H groups in total. The van der Waals surface area contributed by atoms with Crippen LogP contribution in [-0.4, -0.2) is 11.7 Å². The summed E-state index contributed by atoms with van der Waals surface area (Å²) < 4.78 is 0. The van der Waals surface area contributed by atoms with Gasteiger partial charge in [0.05, 0.1) is 5.75 Å². The van der Waals surface area contributed by atoms with Gasteiger partial charge in [-0.15, -0.1) is 11.8 Å². The molecule has 6 heteroatoms.